The van der Waals surface area contributed by atoms with Gasteiger partial charge in [-0.3, -0.25) is 24.6 Å². The van der Waals surface area contributed by atoms with E-state index < -0.39 is 4.92 Å². The Hall–Kier alpha value is -3.85. The Kier molecular flexibility index (Phi) is 6.60. The summed E-state index contributed by atoms with van der Waals surface area (Å²) in [5.41, 5.74) is 1.47. The minimum absolute atomic E-state index is 0.0969. The van der Waals surface area contributed by atoms with Crippen LogP contribution in [-0.4, -0.2) is 34.6 Å². The van der Waals surface area contributed by atoms with Crippen molar-refractivity contribution in [3.05, 3.63) is 87.0 Å². The smallest absolute Gasteiger partial charge is 0.293 e. The molecule has 9 heteroatoms. The molecule has 4 rings (SSSR count). The molecule has 0 aliphatic carbocycles. The van der Waals surface area contributed by atoms with Crippen LogP contribution < -0.4 is 4.74 Å². The molecule has 0 unspecified atom stereocenters. The highest BCUT2D eigenvalue weighted by Gasteiger charge is 2.34. The van der Waals surface area contributed by atoms with Crippen LogP contribution in [0.1, 0.15) is 17.7 Å². The number of hydrogen-bond acceptors (Lipinski definition) is 7. The molecule has 0 bridgehead atoms. The van der Waals surface area contributed by atoms with Gasteiger partial charge in [-0.25, -0.2) is 0 Å². The number of nitro benzene ring substituents is 1. The summed E-state index contributed by atoms with van der Waals surface area (Å²) in [5.74, 6) is 0.765. The highest BCUT2D eigenvalue weighted by molar-refractivity contribution is 8.18. The molecule has 0 spiro atoms. The van der Waals surface area contributed by atoms with Crippen LogP contribution in [0.4, 0.5) is 10.5 Å². The minimum Gasteiger partial charge on any atom is -0.496 e. The van der Waals surface area contributed by atoms with Crippen LogP contribution in [0.2, 0.25) is 0 Å². The quantitative estimate of drug-likeness (QED) is 0.245. The van der Waals surface area contributed by atoms with Gasteiger partial charge in [-0.05, 0) is 48.4 Å². The second kappa shape index (κ2) is 9.74. The third-order valence-corrected chi connectivity index (χ3v) is 6.03. The highest BCUT2D eigenvalue weighted by atomic mass is 32.2. The number of amides is 2. The van der Waals surface area contributed by atoms with E-state index in [4.69, 9.17) is 9.15 Å². The summed E-state index contributed by atoms with van der Waals surface area (Å²) in [4.78, 5) is 37.2. The first kappa shape index (κ1) is 22.3. The molecule has 0 radical (unpaired) electrons. The zero-order valence-electron chi connectivity index (χ0n) is 17.7. The van der Waals surface area contributed by atoms with Crippen molar-refractivity contribution in [2.75, 3.05) is 13.7 Å². The van der Waals surface area contributed by atoms with Crippen molar-refractivity contribution in [1.29, 1.82) is 0 Å². The van der Waals surface area contributed by atoms with Crippen molar-refractivity contribution in [3.63, 3.8) is 0 Å². The summed E-state index contributed by atoms with van der Waals surface area (Å²) in [6.45, 7) is 0.338. The van der Waals surface area contributed by atoms with Crippen molar-refractivity contribution in [2.24, 2.45) is 0 Å². The Bertz CT molecular complexity index is 1230. The monoisotopic (exact) mass is 464 g/mol. The largest absolute Gasteiger partial charge is 0.496 e. The number of furan rings is 1. The zero-order chi connectivity index (χ0) is 23.4. The van der Waals surface area contributed by atoms with Crippen molar-refractivity contribution >= 4 is 34.7 Å². The van der Waals surface area contributed by atoms with Crippen LogP contribution in [-0.2, 0) is 11.2 Å². The van der Waals surface area contributed by atoms with Crippen LogP contribution >= 0.6 is 11.8 Å². The number of imide groups is 1. The summed E-state index contributed by atoms with van der Waals surface area (Å²) in [7, 11) is 1.46. The summed E-state index contributed by atoms with van der Waals surface area (Å²) in [6, 6.07) is 17.4. The lowest BCUT2D eigenvalue weighted by Crippen LogP contribution is -2.29. The number of carbonyl (C=O) groups is 2. The maximum atomic E-state index is 12.7. The first-order valence-corrected chi connectivity index (χ1v) is 11.0. The van der Waals surface area contributed by atoms with Gasteiger partial charge in [0, 0.05) is 24.8 Å². The highest BCUT2D eigenvalue weighted by Crippen LogP contribution is 2.36. The number of non-ortho nitro benzene ring substituents is 1. The Morgan fingerprint density at radius 1 is 1.12 bits per heavy atom. The fourth-order valence-corrected chi connectivity index (χ4v) is 4.33. The van der Waals surface area contributed by atoms with Gasteiger partial charge in [0.1, 0.15) is 17.3 Å². The Morgan fingerprint density at radius 3 is 2.64 bits per heavy atom. The number of hydrogen-bond donors (Lipinski definition) is 0. The molecule has 0 N–H and O–H groups in total. The van der Waals surface area contributed by atoms with E-state index in [1.54, 1.807) is 12.1 Å². The Labute approximate surface area is 194 Å². The van der Waals surface area contributed by atoms with E-state index in [0.29, 0.717) is 35.8 Å². The van der Waals surface area contributed by atoms with E-state index in [2.05, 4.69) is 0 Å². The molecule has 1 fully saturated rings. The fraction of sp³-hybridized carbons (Fsp3) is 0.167. The second-order valence-electron chi connectivity index (χ2n) is 7.27. The summed E-state index contributed by atoms with van der Waals surface area (Å²) >= 11 is 0.867. The first-order valence-electron chi connectivity index (χ1n) is 10.2. The van der Waals surface area contributed by atoms with Crippen molar-refractivity contribution in [1.82, 2.24) is 4.90 Å². The first-order chi connectivity index (χ1) is 16.0. The zero-order valence-corrected chi connectivity index (χ0v) is 18.5. The molecule has 1 aliphatic heterocycles. The van der Waals surface area contributed by atoms with E-state index in [1.165, 1.54) is 36.3 Å². The third-order valence-electron chi connectivity index (χ3n) is 5.12. The number of nitrogens with zero attached hydrogens (tertiary/aromatic N) is 2. The molecule has 0 saturated carbocycles. The average Bonchev–Trinajstić information content (AvgIpc) is 3.39. The predicted octanol–water partition coefficient (Wildman–Crippen LogP) is 5.53. The molecular weight excluding hydrogens is 444 g/mol. The van der Waals surface area contributed by atoms with Crippen molar-refractivity contribution in [2.45, 2.75) is 12.8 Å². The van der Waals surface area contributed by atoms with E-state index in [1.807, 2.05) is 30.3 Å². The molecule has 2 heterocycles. The number of rotatable bonds is 8. The second-order valence-corrected chi connectivity index (χ2v) is 8.26. The number of nitro groups is 1. The molecule has 2 amide bonds. The van der Waals surface area contributed by atoms with Gasteiger partial charge in [0.2, 0.25) is 0 Å². The standard InChI is InChI=1S/C24H20N2O6S/c1-31-20-11-9-17(26(29)30)14-19(20)21-12-10-18(32-21)15-22-23(27)25(24(28)33-22)13-5-8-16-6-3-2-4-7-16/h2-4,6-7,9-12,14-15H,5,8,13H2,1H3/b22-15+. The molecule has 1 aliphatic rings. The SMILES string of the molecule is COc1ccc([N+](=O)[O-])cc1-c1ccc(/C=C2/SC(=O)N(CCCc3ccccc3)C2=O)o1. The van der Waals surface area contributed by atoms with Gasteiger partial charge >= 0.3 is 0 Å². The maximum Gasteiger partial charge on any atom is 0.293 e. The van der Waals surface area contributed by atoms with Crippen LogP contribution in [0, 0.1) is 10.1 Å². The molecular formula is C24H20N2O6S. The summed E-state index contributed by atoms with van der Waals surface area (Å²) in [5, 5.41) is 10.8. The van der Waals surface area contributed by atoms with Gasteiger partial charge < -0.3 is 9.15 Å². The molecule has 1 aromatic heterocycles. The van der Waals surface area contributed by atoms with E-state index in [0.717, 1.165) is 23.7 Å². The lowest BCUT2D eigenvalue weighted by atomic mass is 10.1. The van der Waals surface area contributed by atoms with Crippen LogP contribution in [0.5, 0.6) is 5.75 Å². The fourth-order valence-electron chi connectivity index (χ4n) is 3.49. The number of aryl methyl sites for hydroxylation is 1. The number of carbonyl (C=O) groups excluding carboxylic acids is 2. The van der Waals surface area contributed by atoms with Gasteiger partial charge in [-0.1, -0.05) is 30.3 Å². The van der Waals surface area contributed by atoms with Gasteiger partial charge in [0.05, 0.1) is 22.5 Å². The molecule has 1 saturated heterocycles. The molecule has 0 atom stereocenters. The third kappa shape index (κ3) is 4.98. The van der Waals surface area contributed by atoms with Crippen LogP contribution in [0.3, 0.4) is 0 Å². The van der Waals surface area contributed by atoms with E-state index >= 15 is 0 Å². The Balaban J connectivity index is 1.48. The average molecular weight is 464 g/mol. The normalized spacial score (nSPS) is 14.8. The van der Waals surface area contributed by atoms with Gasteiger partial charge in [0.25, 0.3) is 16.8 Å². The molecule has 2 aromatic carbocycles. The lowest BCUT2D eigenvalue weighted by molar-refractivity contribution is -0.384. The van der Waals surface area contributed by atoms with E-state index in [-0.39, 0.29) is 21.7 Å². The van der Waals surface area contributed by atoms with Crippen molar-refractivity contribution in [3.8, 4) is 17.1 Å². The number of benzene rings is 2. The topological polar surface area (TPSA) is 103 Å². The van der Waals surface area contributed by atoms with Gasteiger partial charge in [-0.15, -0.1) is 0 Å². The maximum absolute atomic E-state index is 12.7. The summed E-state index contributed by atoms with van der Waals surface area (Å²) in [6.07, 6.45) is 2.95. The summed E-state index contributed by atoms with van der Waals surface area (Å²) < 4.78 is 11.1. The van der Waals surface area contributed by atoms with Crippen molar-refractivity contribution < 1.29 is 23.7 Å². The molecule has 8 nitrogen and oxygen atoms in total. The lowest BCUT2D eigenvalue weighted by Gasteiger charge is -2.11. The molecule has 33 heavy (non-hydrogen) atoms. The number of thioether (sulfide) groups is 1. The van der Waals surface area contributed by atoms with E-state index in [9.17, 15) is 19.7 Å². The van der Waals surface area contributed by atoms with Gasteiger partial charge in [-0.2, -0.15) is 0 Å². The van der Waals surface area contributed by atoms with Crippen LogP contribution in [0.15, 0.2) is 70.0 Å². The number of ether oxygens (including phenoxy) is 1. The minimum atomic E-state index is -0.499. The van der Waals surface area contributed by atoms with Crippen LogP contribution in [0.25, 0.3) is 17.4 Å². The molecule has 3 aromatic rings. The molecule has 168 valence electrons. The number of methoxy groups -OCH3 is 1. The Morgan fingerprint density at radius 2 is 1.91 bits per heavy atom. The van der Waals surface area contributed by atoms with Gasteiger partial charge in [0.15, 0.2) is 0 Å². The predicted molar refractivity (Wildman–Crippen MR) is 125 cm³/mol.